The molecule has 1 unspecified atom stereocenters. The predicted molar refractivity (Wildman–Crippen MR) is 60.1 cm³/mol. The Morgan fingerprint density at radius 2 is 2.27 bits per heavy atom. The molecule has 4 heteroatoms. The van der Waals surface area contributed by atoms with Gasteiger partial charge in [0.1, 0.15) is 0 Å². The first-order valence-electron chi connectivity index (χ1n) is 5.56. The van der Waals surface area contributed by atoms with Crippen molar-refractivity contribution in [3.8, 4) is 0 Å². The zero-order chi connectivity index (χ0) is 10.6. The maximum Gasteiger partial charge on any atom is 0.0840 e. The van der Waals surface area contributed by atoms with Crippen LogP contribution in [0.25, 0.3) is 0 Å². The smallest absolute Gasteiger partial charge is 0.0840 e. The Morgan fingerprint density at radius 3 is 3.00 bits per heavy atom. The molecule has 0 saturated carbocycles. The van der Waals surface area contributed by atoms with Crippen LogP contribution in [0.4, 0.5) is 0 Å². The van der Waals surface area contributed by atoms with E-state index in [2.05, 4.69) is 5.32 Å². The van der Waals surface area contributed by atoms with E-state index < -0.39 is 0 Å². The van der Waals surface area contributed by atoms with Crippen molar-refractivity contribution in [3.63, 3.8) is 0 Å². The van der Waals surface area contributed by atoms with Gasteiger partial charge in [-0.3, -0.25) is 0 Å². The van der Waals surface area contributed by atoms with Crippen molar-refractivity contribution in [1.29, 1.82) is 0 Å². The molecule has 86 valence electrons. The lowest BCUT2D eigenvalue weighted by Crippen LogP contribution is -2.41. The van der Waals surface area contributed by atoms with Gasteiger partial charge in [-0.25, -0.2) is 0 Å². The molecule has 0 aromatic heterocycles. The molecule has 0 aliphatic carbocycles. The van der Waals surface area contributed by atoms with Crippen molar-refractivity contribution in [1.82, 2.24) is 5.32 Å². The van der Waals surface area contributed by atoms with Crippen LogP contribution in [0.1, 0.15) is 19.3 Å². The van der Waals surface area contributed by atoms with Gasteiger partial charge in [-0.15, -0.1) is 0 Å². The highest BCUT2D eigenvalue weighted by Crippen LogP contribution is 2.34. The molecular formula is C11H18ClNO2. The van der Waals surface area contributed by atoms with Gasteiger partial charge in [0.05, 0.1) is 24.9 Å². The summed E-state index contributed by atoms with van der Waals surface area (Å²) in [5.41, 5.74) is 1.59. The van der Waals surface area contributed by atoms with E-state index in [1.807, 2.05) is 6.08 Å². The molecule has 0 bridgehead atoms. The number of halogens is 1. The number of hydrogen-bond donors (Lipinski definition) is 1. The van der Waals surface area contributed by atoms with Gasteiger partial charge < -0.3 is 14.8 Å². The summed E-state index contributed by atoms with van der Waals surface area (Å²) in [7, 11) is 0. The Labute approximate surface area is 95.8 Å². The van der Waals surface area contributed by atoms with E-state index in [1.165, 1.54) is 5.54 Å². The van der Waals surface area contributed by atoms with E-state index in [9.17, 15) is 0 Å². The molecule has 1 atom stereocenters. The molecule has 2 aliphatic rings. The topological polar surface area (TPSA) is 30.5 Å². The van der Waals surface area contributed by atoms with Crippen molar-refractivity contribution in [2.24, 2.45) is 0 Å². The predicted octanol–water partition coefficient (Wildman–Crippen LogP) is 1.67. The summed E-state index contributed by atoms with van der Waals surface area (Å²) in [5, 5.41) is 3.35. The highest BCUT2D eigenvalue weighted by atomic mass is 35.5. The van der Waals surface area contributed by atoms with Gasteiger partial charge in [0.15, 0.2) is 0 Å². The Morgan fingerprint density at radius 1 is 1.47 bits per heavy atom. The first kappa shape index (κ1) is 11.4. The van der Waals surface area contributed by atoms with Crippen LogP contribution in [0.3, 0.4) is 0 Å². The molecule has 2 saturated heterocycles. The molecule has 1 N–H and O–H groups in total. The van der Waals surface area contributed by atoms with E-state index in [0.29, 0.717) is 6.61 Å². The normalized spacial score (nSPS) is 30.3. The summed E-state index contributed by atoms with van der Waals surface area (Å²) in [6.45, 7) is 3.45. The Hall–Kier alpha value is -0.0900. The molecule has 0 radical (unpaired) electrons. The van der Waals surface area contributed by atoms with Gasteiger partial charge in [0.25, 0.3) is 0 Å². The lowest BCUT2D eigenvalue weighted by Gasteiger charge is -2.32. The standard InChI is InChI=1S/C11H18ClNO2/c12-4-1-7-14-10-8-11(15-9-10)2-5-13-6-3-11/h1,4,10,13H,2-3,5-9H2/b4-1+. The molecular weight excluding hydrogens is 214 g/mol. The lowest BCUT2D eigenvalue weighted by atomic mass is 9.89. The maximum atomic E-state index is 5.90. The van der Waals surface area contributed by atoms with Gasteiger partial charge in [0.2, 0.25) is 0 Å². The number of nitrogens with one attached hydrogen (secondary N) is 1. The largest absolute Gasteiger partial charge is 0.372 e. The molecule has 3 nitrogen and oxygen atoms in total. The van der Waals surface area contributed by atoms with Crippen LogP contribution in [-0.4, -0.2) is 38.0 Å². The zero-order valence-corrected chi connectivity index (χ0v) is 9.63. The Kier molecular flexibility index (Phi) is 4.03. The molecule has 1 spiro atoms. The summed E-state index contributed by atoms with van der Waals surface area (Å²) in [4.78, 5) is 0. The number of ether oxygens (including phenoxy) is 2. The maximum absolute atomic E-state index is 5.90. The molecule has 0 amide bonds. The zero-order valence-electron chi connectivity index (χ0n) is 8.88. The van der Waals surface area contributed by atoms with Crippen LogP contribution < -0.4 is 5.32 Å². The highest BCUT2D eigenvalue weighted by Gasteiger charge is 2.41. The number of hydrogen-bond acceptors (Lipinski definition) is 3. The van der Waals surface area contributed by atoms with Gasteiger partial charge in [-0.2, -0.15) is 0 Å². The molecule has 0 aromatic rings. The first-order valence-corrected chi connectivity index (χ1v) is 6.00. The number of piperidine rings is 1. The average Bonchev–Trinajstić information content (AvgIpc) is 2.63. The molecule has 15 heavy (non-hydrogen) atoms. The van der Waals surface area contributed by atoms with Crippen molar-refractivity contribution in [2.75, 3.05) is 26.3 Å². The lowest BCUT2D eigenvalue weighted by molar-refractivity contribution is -0.0225. The van der Waals surface area contributed by atoms with Crippen molar-refractivity contribution >= 4 is 11.6 Å². The number of rotatable bonds is 3. The second kappa shape index (κ2) is 5.30. The SMILES string of the molecule is Cl/C=C/COC1COC2(CCNCC2)C1. The van der Waals surface area contributed by atoms with Crippen LogP contribution in [0.5, 0.6) is 0 Å². The monoisotopic (exact) mass is 231 g/mol. The average molecular weight is 232 g/mol. The second-order valence-electron chi connectivity index (χ2n) is 4.27. The van der Waals surface area contributed by atoms with Gasteiger partial charge in [0, 0.05) is 12.0 Å². The van der Waals surface area contributed by atoms with Crippen LogP contribution >= 0.6 is 11.6 Å². The van der Waals surface area contributed by atoms with E-state index in [-0.39, 0.29) is 11.7 Å². The van der Waals surface area contributed by atoms with Gasteiger partial charge in [-0.05, 0) is 32.0 Å². The minimum absolute atomic E-state index is 0.0978. The van der Waals surface area contributed by atoms with E-state index in [0.717, 1.165) is 39.0 Å². The fraction of sp³-hybridized carbons (Fsp3) is 0.818. The Balaban J connectivity index is 1.77. The molecule has 2 fully saturated rings. The summed E-state index contributed by atoms with van der Waals surface area (Å²) < 4.78 is 11.6. The second-order valence-corrected chi connectivity index (χ2v) is 4.52. The van der Waals surface area contributed by atoms with E-state index in [1.54, 1.807) is 0 Å². The molecule has 0 aromatic carbocycles. The third-order valence-electron chi connectivity index (χ3n) is 3.21. The molecule has 2 aliphatic heterocycles. The van der Waals surface area contributed by atoms with Gasteiger partial charge in [-0.1, -0.05) is 11.6 Å². The minimum atomic E-state index is 0.0978. The summed E-state index contributed by atoms with van der Waals surface area (Å²) in [5.74, 6) is 0. The van der Waals surface area contributed by atoms with Crippen molar-refractivity contribution in [2.45, 2.75) is 31.0 Å². The summed E-state index contributed by atoms with van der Waals surface area (Å²) in [6.07, 6.45) is 5.31. The van der Waals surface area contributed by atoms with Crippen LogP contribution in [-0.2, 0) is 9.47 Å². The van der Waals surface area contributed by atoms with Crippen molar-refractivity contribution in [3.05, 3.63) is 11.6 Å². The third kappa shape index (κ3) is 2.94. The fourth-order valence-corrected chi connectivity index (χ4v) is 2.44. The van der Waals surface area contributed by atoms with E-state index >= 15 is 0 Å². The quantitative estimate of drug-likeness (QED) is 0.802. The summed E-state index contributed by atoms with van der Waals surface area (Å²) >= 11 is 5.43. The van der Waals surface area contributed by atoms with Crippen molar-refractivity contribution < 1.29 is 9.47 Å². The highest BCUT2D eigenvalue weighted by molar-refractivity contribution is 6.25. The minimum Gasteiger partial charge on any atom is -0.372 e. The molecule has 2 rings (SSSR count). The van der Waals surface area contributed by atoms with Gasteiger partial charge >= 0.3 is 0 Å². The first-order chi connectivity index (χ1) is 7.35. The fourth-order valence-electron chi connectivity index (χ4n) is 2.37. The van der Waals surface area contributed by atoms with E-state index in [4.69, 9.17) is 21.1 Å². The Bertz CT molecular complexity index is 227. The van der Waals surface area contributed by atoms with Crippen LogP contribution in [0.2, 0.25) is 0 Å². The van der Waals surface area contributed by atoms with Crippen LogP contribution in [0.15, 0.2) is 11.6 Å². The molecule has 2 heterocycles. The third-order valence-corrected chi connectivity index (χ3v) is 3.39. The summed E-state index contributed by atoms with van der Waals surface area (Å²) in [6, 6.07) is 0. The van der Waals surface area contributed by atoms with Crippen LogP contribution in [0, 0.1) is 0 Å².